The lowest BCUT2D eigenvalue weighted by Gasteiger charge is -2.14. The van der Waals surface area contributed by atoms with E-state index in [2.05, 4.69) is 40.7 Å². The van der Waals surface area contributed by atoms with Crippen LogP contribution in [0.5, 0.6) is 0 Å². The summed E-state index contributed by atoms with van der Waals surface area (Å²) in [4.78, 5) is 31.0. The summed E-state index contributed by atoms with van der Waals surface area (Å²) in [6.45, 7) is 1.61. The maximum absolute atomic E-state index is 12.7. The van der Waals surface area contributed by atoms with Gasteiger partial charge in [0.25, 0.3) is 5.95 Å². The van der Waals surface area contributed by atoms with Crippen molar-refractivity contribution in [3.05, 3.63) is 48.6 Å². The third kappa shape index (κ3) is 4.31. The van der Waals surface area contributed by atoms with E-state index in [0.717, 1.165) is 6.20 Å². The van der Waals surface area contributed by atoms with Gasteiger partial charge in [0.05, 0.1) is 6.04 Å². The van der Waals surface area contributed by atoms with Gasteiger partial charge in [-0.05, 0) is 19.1 Å². The lowest BCUT2D eigenvalue weighted by Crippen LogP contribution is -2.33. The first-order valence-corrected chi connectivity index (χ1v) is 7.49. The molecule has 10 nitrogen and oxygen atoms in total. The van der Waals surface area contributed by atoms with E-state index < -0.39 is 29.9 Å². The van der Waals surface area contributed by atoms with E-state index in [9.17, 15) is 18.0 Å². The van der Waals surface area contributed by atoms with Crippen LogP contribution in [0.3, 0.4) is 0 Å². The van der Waals surface area contributed by atoms with E-state index in [4.69, 9.17) is 0 Å². The van der Waals surface area contributed by atoms with Crippen molar-refractivity contribution in [3.8, 4) is 5.95 Å². The van der Waals surface area contributed by atoms with Gasteiger partial charge in [-0.2, -0.15) is 23.0 Å². The summed E-state index contributed by atoms with van der Waals surface area (Å²) in [5.74, 6) is 0.0870. The number of aromatic nitrogens is 7. The number of nitrogens with zero attached hydrogens (tertiary/aromatic N) is 7. The van der Waals surface area contributed by atoms with Crippen molar-refractivity contribution < 1.29 is 18.0 Å². The molecular formula is C14H12F3N9O. The van der Waals surface area contributed by atoms with Crippen LogP contribution in [0.15, 0.2) is 37.1 Å². The van der Waals surface area contributed by atoms with Gasteiger partial charge in [0, 0.05) is 18.6 Å². The molecule has 1 atom stereocenters. The van der Waals surface area contributed by atoms with Gasteiger partial charge in [0.2, 0.25) is 5.95 Å². The Labute approximate surface area is 149 Å². The van der Waals surface area contributed by atoms with Gasteiger partial charge in [-0.25, -0.2) is 29.7 Å². The molecule has 27 heavy (non-hydrogen) atoms. The summed E-state index contributed by atoms with van der Waals surface area (Å²) in [5.41, 5.74) is -1.16. The second-order valence-electron chi connectivity index (χ2n) is 5.16. The van der Waals surface area contributed by atoms with E-state index in [1.807, 2.05) is 0 Å². The molecule has 0 aliphatic carbocycles. The van der Waals surface area contributed by atoms with Crippen LogP contribution in [0.4, 0.5) is 23.9 Å². The number of carbonyl (C=O) groups excluding carboxylic acids is 1. The van der Waals surface area contributed by atoms with E-state index in [-0.39, 0.29) is 5.95 Å². The Kier molecular flexibility index (Phi) is 4.92. The lowest BCUT2D eigenvalue weighted by molar-refractivity contribution is -0.141. The number of amides is 2. The fourth-order valence-electron chi connectivity index (χ4n) is 2.08. The van der Waals surface area contributed by atoms with E-state index >= 15 is 0 Å². The summed E-state index contributed by atoms with van der Waals surface area (Å²) in [6, 6.07) is 0.852. The number of carbonyl (C=O) groups is 1. The molecule has 0 fully saturated rings. The zero-order chi connectivity index (χ0) is 19.4. The maximum atomic E-state index is 12.7. The number of hydrogen-bond acceptors (Lipinski definition) is 7. The monoisotopic (exact) mass is 379 g/mol. The molecule has 3 heterocycles. The molecule has 0 spiro atoms. The molecule has 2 amide bonds. The predicted molar refractivity (Wildman–Crippen MR) is 84.6 cm³/mol. The highest BCUT2D eigenvalue weighted by Crippen LogP contribution is 2.27. The average Bonchev–Trinajstić information content (AvgIpc) is 3.12. The second kappa shape index (κ2) is 7.31. The molecule has 0 aliphatic rings. The van der Waals surface area contributed by atoms with Crippen LogP contribution in [-0.2, 0) is 6.18 Å². The van der Waals surface area contributed by atoms with Crippen LogP contribution in [-0.4, -0.2) is 40.7 Å². The zero-order valence-corrected chi connectivity index (χ0v) is 13.7. The van der Waals surface area contributed by atoms with Crippen LogP contribution in [0.2, 0.25) is 0 Å². The molecule has 0 saturated carbocycles. The topological polar surface area (TPSA) is 123 Å². The Bertz CT molecular complexity index is 929. The van der Waals surface area contributed by atoms with Crippen molar-refractivity contribution in [2.45, 2.75) is 19.1 Å². The SMILES string of the molecule is C[C@H](NC(=O)Nc1nccc(C(F)(F)F)n1)c1ncnn1-c1ncccn1. The van der Waals surface area contributed by atoms with Gasteiger partial charge in [-0.15, -0.1) is 0 Å². The fourth-order valence-corrected chi connectivity index (χ4v) is 2.08. The van der Waals surface area contributed by atoms with Crippen LogP contribution in [0, 0.1) is 0 Å². The third-order valence-electron chi connectivity index (χ3n) is 3.22. The highest BCUT2D eigenvalue weighted by Gasteiger charge is 2.33. The first kappa shape index (κ1) is 18.2. The van der Waals surface area contributed by atoms with Crippen molar-refractivity contribution >= 4 is 12.0 Å². The van der Waals surface area contributed by atoms with E-state index in [1.54, 1.807) is 13.0 Å². The van der Waals surface area contributed by atoms with Crippen molar-refractivity contribution in [2.75, 3.05) is 5.32 Å². The minimum atomic E-state index is -4.64. The summed E-state index contributed by atoms with van der Waals surface area (Å²) in [7, 11) is 0. The minimum Gasteiger partial charge on any atom is -0.328 e. The molecule has 0 saturated heterocycles. The number of alkyl halides is 3. The van der Waals surface area contributed by atoms with Gasteiger partial charge in [0.15, 0.2) is 5.82 Å². The molecule has 3 aromatic rings. The smallest absolute Gasteiger partial charge is 0.328 e. The summed E-state index contributed by atoms with van der Waals surface area (Å²) >= 11 is 0. The molecular weight excluding hydrogens is 367 g/mol. The fraction of sp³-hybridized carbons (Fsp3) is 0.214. The molecule has 0 bridgehead atoms. The number of nitrogens with one attached hydrogen (secondary N) is 2. The number of urea groups is 1. The Morgan fingerprint density at radius 2 is 1.89 bits per heavy atom. The van der Waals surface area contributed by atoms with Crippen LogP contribution in [0.1, 0.15) is 24.5 Å². The normalized spacial score (nSPS) is 12.4. The quantitative estimate of drug-likeness (QED) is 0.708. The van der Waals surface area contributed by atoms with Gasteiger partial charge >= 0.3 is 12.2 Å². The summed E-state index contributed by atoms with van der Waals surface area (Å²) in [6.07, 6.45) is 0.554. The summed E-state index contributed by atoms with van der Waals surface area (Å²) < 4.78 is 39.3. The Morgan fingerprint density at radius 3 is 2.59 bits per heavy atom. The molecule has 0 radical (unpaired) electrons. The number of anilines is 1. The Morgan fingerprint density at radius 1 is 1.15 bits per heavy atom. The highest BCUT2D eigenvalue weighted by molar-refractivity contribution is 5.87. The molecule has 0 aromatic carbocycles. The zero-order valence-electron chi connectivity index (χ0n) is 13.7. The Balaban J connectivity index is 1.70. The largest absolute Gasteiger partial charge is 0.433 e. The third-order valence-corrected chi connectivity index (χ3v) is 3.22. The Hall–Kier alpha value is -3.64. The molecule has 0 aliphatic heterocycles. The van der Waals surface area contributed by atoms with Crippen molar-refractivity contribution in [1.82, 2.24) is 40.0 Å². The minimum absolute atomic E-state index is 0.250. The van der Waals surface area contributed by atoms with Crippen molar-refractivity contribution in [1.29, 1.82) is 0 Å². The standard InChI is InChI=1S/C14H12F3N9O/c1-8(10-21-7-22-26(10)12-19-4-2-5-20-12)23-13(27)25-11-18-6-3-9(24-11)14(15,16)17/h2-8H,1H3,(H2,18,23,24,25,27)/t8-/m0/s1. The van der Waals surface area contributed by atoms with Crippen molar-refractivity contribution in [3.63, 3.8) is 0 Å². The molecule has 0 unspecified atom stereocenters. The average molecular weight is 379 g/mol. The number of halogens is 3. The van der Waals surface area contributed by atoms with Crippen LogP contribution < -0.4 is 10.6 Å². The van der Waals surface area contributed by atoms with Gasteiger partial charge in [-0.3, -0.25) is 5.32 Å². The number of rotatable bonds is 4. The van der Waals surface area contributed by atoms with Gasteiger partial charge < -0.3 is 5.32 Å². The number of hydrogen-bond donors (Lipinski definition) is 2. The second-order valence-corrected chi connectivity index (χ2v) is 5.16. The first-order valence-electron chi connectivity index (χ1n) is 7.49. The molecule has 2 N–H and O–H groups in total. The maximum Gasteiger partial charge on any atom is 0.433 e. The van der Waals surface area contributed by atoms with Crippen LogP contribution in [0.25, 0.3) is 5.95 Å². The van der Waals surface area contributed by atoms with E-state index in [0.29, 0.717) is 11.9 Å². The van der Waals surface area contributed by atoms with Crippen molar-refractivity contribution in [2.24, 2.45) is 0 Å². The van der Waals surface area contributed by atoms with Crippen LogP contribution >= 0.6 is 0 Å². The first-order chi connectivity index (χ1) is 12.8. The lowest BCUT2D eigenvalue weighted by atomic mass is 10.3. The van der Waals surface area contributed by atoms with Gasteiger partial charge in [0.1, 0.15) is 12.0 Å². The molecule has 13 heteroatoms. The highest BCUT2D eigenvalue weighted by atomic mass is 19.4. The molecule has 3 aromatic heterocycles. The molecule has 3 rings (SSSR count). The van der Waals surface area contributed by atoms with E-state index in [1.165, 1.54) is 23.4 Å². The molecule has 140 valence electrons. The van der Waals surface area contributed by atoms with Gasteiger partial charge in [-0.1, -0.05) is 0 Å². The predicted octanol–water partition coefficient (Wildman–Crippen LogP) is 1.75. The summed E-state index contributed by atoms with van der Waals surface area (Å²) in [5, 5.41) is 8.65.